The number of nitrogens with one attached hydrogen (secondary N) is 1. The molecular formula is C18H27N3O2. The number of pyridine rings is 1. The number of anilines is 1. The predicted molar refractivity (Wildman–Crippen MR) is 91.6 cm³/mol. The highest BCUT2D eigenvalue weighted by Crippen LogP contribution is 2.24. The standard InChI is InChI=1S/C18H27N3O2/c1-12(2)17(22)14-7-9-21(10-8-14)16-6-5-15(11-19-16)18(23)20-13(3)4/h5-6,11-14H,7-10H2,1-4H3,(H,20,23). The van der Waals surface area contributed by atoms with Gasteiger partial charge in [0.1, 0.15) is 11.6 Å². The number of rotatable bonds is 5. The van der Waals surface area contributed by atoms with Crippen LogP contribution in [0.5, 0.6) is 0 Å². The van der Waals surface area contributed by atoms with Crippen LogP contribution >= 0.6 is 0 Å². The molecule has 1 N–H and O–H groups in total. The van der Waals surface area contributed by atoms with Crippen molar-refractivity contribution in [1.82, 2.24) is 10.3 Å². The molecule has 0 atom stereocenters. The number of nitrogens with zero attached hydrogens (tertiary/aromatic N) is 2. The number of piperidine rings is 1. The largest absolute Gasteiger partial charge is 0.357 e. The van der Waals surface area contributed by atoms with Crippen LogP contribution in [-0.4, -0.2) is 35.8 Å². The number of carbonyl (C=O) groups excluding carboxylic acids is 2. The second kappa shape index (κ2) is 7.57. The number of hydrogen-bond acceptors (Lipinski definition) is 4. The maximum atomic E-state index is 12.1. The van der Waals surface area contributed by atoms with Gasteiger partial charge < -0.3 is 10.2 Å². The first kappa shape index (κ1) is 17.4. The Morgan fingerprint density at radius 3 is 2.30 bits per heavy atom. The van der Waals surface area contributed by atoms with Crippen molar-refractivity contribution in [2.75, 3.05) is 18.0 Å². The first-order chi connectivity index (χ1) is 10.9. The number of amides is 1. The van der Waals surface area contributed by atoms with E-state index in [1.807, 2.05) is 39.8 Å². The van der Waals surface area contributed by atoms with Crippen LogP contribution in [0.15, 0.2) is 18.3 Å². The van der Waals surface area contributed by atoms with Gasteiger partial charge in [0.05, 0.1) is 5.56 Å². The summed E-state index contributed by atoms with van der Waals surface area (Å²) in [6.07, 6.45) is 3.39. The van der Waals surface area contributed by atoms with Gasteiger partial charge in [0.2, 0.25) is 0 Å². The molecule has 0 radical (unpaired) electrons. The van der Waals surface area contributed by atoms with Gasteiger partial charge in [-0.2, -0.15) is 0 Å². The van der Waals surface area contributed by atoms with Crippen molar-refractivity contribution in [2.24, 2.45) is 11.8 Å². The smallest absolute Gasteiger partial charge is 0.253 e. The van der Waals surface area contributed by atoms with E-state index in [1.54, 1.807) is 6.20 Å². The van der Waals surface area contributed by atoms with E-state index in [-0.39, 0.29) is 23.8 Å². The highest BCUT2D eigenvalue weighted by Gasteiger charge is 2.26. The van der Waals surface area contributed by atoms with Crippen LogP contribution in [0.3, 0.4) is 0 Å². The van der Waals surface area contributed by atoms with Crippen LogP contribution < -0.4 is 10.2 Å². The molecule has 5 nitrogen and oxygen atoms in total. The molecule has 1 fully saturated rings. The summed E-state index contributed by atoms with van der Waals surface area (Å²) in [6, 6.07) is 3.81. The first-order valence-electron chi connectivity index (χ1n) is 8.44. The average molecular weight is 317 g/mol. The third kappa shape index (κ3) is 4.53. The van der Waals surface area contributed by atoms with Crippen LogP contribution in [0, 0.1) is 11.8 Å². The van der Waals surface area contributed by atoms with Crippen LogP contribution in [0.2, 0.25) is 0 Å². The zero-order valence-corrected chi connectivity index (χ0v) is 14.5. The minimum atomic E-state index is -0.0970. The highest BCUT2D eigenvalue weighted by molar-refractivity contribution is 5.94. The average Bonchev–Trinajstić information content (AvgIpc) is 2.53. The topological polar surface area (TPSA) is 62.3 Å². The monoisotopic (exact) mass is 317 g/mol. The molecule has 1 amide bonds. The molecule has 0 spiro atoms. The van der Waals surface area contributed by atoms with Gasteiger partial charge in [-0.25, -0.2) is 4.98 Å². The molecule has 23 heavy (non-hydrogen) atoms. The quantitative estimate of drug-likeness (QED) is 0.907. The normalized spacial score (nSPS) is 16.0. The van der Waals surface area contributed by atoms with Gasteiger partial charge in [-0.3, -0.25) is 9.59 Å². The summed E-state index contributed by atoms with van der Waals surface area (Å²) in [5, 5.41) is 2.86. The van der Waals surface area contributed by atoms with Crippen LogP contribution in [0.25, 0.3) is 0 Å². The molecule has 1 aliphatic rings. The summed E-state index contributed by atoms with van der Waals surface area (Å²) in [5.41, 5.74) is 0.576. The lowest BCUT2D eigenvalue weighted by Crippen LogP contribution is -2.38. The first-order valence-corrected chi connectivity index (χ1v) is 8.44. The SMILES string of the molecule is CC(C)NC(=O)c1ccc(N2CCC(C(=O)C(C)C)CC2)nc1. The molecule has 0 unspecified atom stereocenters. The number of ketones is 1. The molecule has 1 aromatic rings. The van der Waals surface area contributed by atoms with E-state index in [4.69, 9.17) is 0 Å². The van der Waals surface area contributed by atoms with E-state index in [2.05, 4.69) is 15.2 Å². The lowest BCUT2D eigenvalue weighted by atomic mass is 9.87. The van der Waals surface area contributed by atoms with Gasteiger partial charge in [-0.05, 0) is 38.8 Å². The van der Waals surface area contributed by atoms with Gasteiger partial charge in [0, 0.05) is 37.2 Å². The van der Waals surface area contributed by atoms with Crippen molar-refractivity contribution in [3.05, 3.63) is 23.9 Å². The van der Waals surface area contributed by atoms with Crippen molar-refractivity contribution >= 4 is 17.5 Å². The molecule has 126 valence electrons. The van der Waals surface area contributed by atoms with Gasteiger partial charge in [-0.15, -0.1) is 0 Å². The van der Waals surface area contributed by atoms with E-state index < -0.39 is 0 Å². The second-order valence-corrected chi connectivity index (χ2v) is 6.85. The lowest BCUT2D eigenvalue weighted by molar-refractivity contribution is -0.126. The summed E-state index contributed by atoms with van der Waals surface area (Å²) in [4.78, 5) is 30.6. The molecule has 1 aromatic heterocycles. The van der Waals surface area contributed by atoms with Crippen LogP contribution in [0.1, 0.15) is 50.9 Å². The zero-order valence-electron chi connectivity index (χ0n) is 14.5. The zero-order chi connectivity index (χ0) is 17.0. The van der Waals surface area contributed by atoms with Crippen molar-refractivity contribution < 1.29 is 9.59 Å². The summed E-state index contributed by atoms with van der Waals surface area (Å²) in [6.45, 7) is 9.49. The summed E-state index contributed by atoms with van der Waals surface area (Å²) >= 11 is 0. The van der Waals surface area contributed by atoms with E-state index in [1.165, 1.54) is 0 Å². The number of hydrogen-bond donors (Lipinski definition) is 1. The maximum Gasteiger partial charge on any atom is 0.253 e. The maximum absolute atomic E-state index is 12.1. The highest BCUT2D eigenvalue weighted by atomic mass is 16.1. The van der Waals surface area contributed by atoms with Crippen molar-refractivity contribution in [3.63, 3.8) is 0 Å². The van der Waals surface area contributed by atoms with E-state index in [0.717, 1.165) is 31.7 Å². The molecule has 0 saturated carbocycles. The Balaban J connectivity index is 1.94. The summed E-state index contributed by atoms with van der Waals surface area (Å²) in [7, 11) is 0. The molecular weight excluding hydrogens is 290 g/mol. The van der Waals surface area contributed by atoms with E-state index >= 15 is 0 Å². The van der Waals surface area contributed by atoms with Crippen LogP contribution in [0.4, 0.5) is 5.82 Å². The molecule has 2 heterocycles. The molecule has 0 bridgehead atoms. The van der Waals surface area contributed by atoms with Gasteiger partial charge in [-0.1, -0.05) is 13.8 Å². The van der Waals surface area contributed by atoms with Crippen LogP contribution in [-0.2, 0) is 4.79 Å². The second-order valence-electron chi connectivity index (χ2n) is 6.85. The Bertz CT molecular complexity index is 544. The molecule has 1 aliphatic heterocycles. The van der Waals surface area contributed by atoms with E-state index in [9.17, 15) is 9.59 Å². The molecule has 0 aliphatic carbocycles. The van der Waals surface area contributed by atoms with Crippen molar-refractivity contribution in [2.45, 2.75) is 46.6 Å². The third-order valence-corrected chi connectivity index (χ3v) is 4.22. The fourth-order valence-electron chi connectivity index (χ4n) is 2.92. The van der Waals surface area contributed by atoms with Gasteiger partial charge in [0.25, 0.3) is 5.91 Å². The number of Topliss-reactive ketones (excluding diaryl/α,β-unsaturated/α-hetero) is 1. The summed E-state index contributed by atoms with van der Waals surface area (Å²) in [5.74, 6) is 1.45. The molecule has 2 rings (SSSR count). The minimum absolute atomic E-state index is 0.0970. The Morgan fingerprint density at radius 2 is 1.83 bits per heavy atom. The van der Waals surface area contributed by atoms with Crippen molar-refractivity contribution in [3.8, 4) is 0 Å². The lowest BCUT2D eigenvalue weighted by Gasteiger charge is -2.32. The Morgan fingerprint density at radius 1 is 1.17 bits per heavy atom. The van der Waals surface area contributed by atoms with E-state index in [0.29, 0.717) is 11.3 Å². The number of aromatic nitrogens is 1. The fraction of sp³-hybridized carbons (Fsp3) is 0.611. The Kier molecular flexibility index (Phi) is 5.74. The molecule has 0 aromatic carbocycles. The Hall–Kier alpha value is -1.91. The molecule has 1 saturated heterocycles. The fourth-order valence-corrected chi connectivity index (χ4v) is 2.92. The Labute approximate surface area is 138 Å². The predicted octanol–water partition coefficient (Wildman–Crippen LogP) is 2.66. The minimum Gasteiger partial charge on any atom is -0.357 e. The third-order valence-electron chi connectivity index (χ3n) is 4.22. The number of carbonyl (C=O) groups is 2. The van der Waals surface area contributed by atoms with Gasteiger partial charge in [0.15, 0.2) is 0 Å². The van der Waals surface area contributed by atoms with Gasteiger partial charge >= 0.3 is 0 Å². The van der Waals surface area contributed by atoms with Crippen molar-refractivity contribution in [1.29, 1.82) is 0 Å². The summed E-state index contributed by atoms with van der Waals surface area (Å²) < 4.78 is 0. The molecule has 5 heteroatoms.